The van der Waals surface area contributed by atoms with Crippen molar-refractivity contribution in [3.05, 3.63) is 59.9 Å². The zero-order chi connectivity index (χ0) is 16.0. The number of aromatic amines is 1. The molecular formula is C18H17N5. The van der Waals surface area contributed by atoms with Gasteiger partial charge in [-0.15, -0.1) is 0 Å². The van der Waals surface area contributed by atoms with E-state index in [0.717, 1.165) is 44.9 Å². The Morgan fingerprint density at radius 1 is 1.04 bits per heavy atom. The van der Waals surface area contributed by atoms with Crippen LogP contribution in [0.15, 0.2) is 48.5 Å². The van der Waals surface area contributed by atoms with Crippen molar-refractivity contribution in [1.29, 1.82) is 0 Å². The van der Waals surface area contributed by atoms with Crippen LogP contribution in [0.1, 0.15) is 11.4 Å². The second kappa shape index (κ2) is 4.98. The van der Waals surface area contributed by atoms with Gasteiger partial charge >= 0.3 is 0 Å². The van der Waals surface area contributed by atoms with E-state index in [9.17, 15) is 0 Å². The third-order valence-corrected chi connectivity index (χ3v) is 4.12. The molecule has 23 heavy (non-hydrogen) atoms. The van der Waals surface area contributed by atoms with Crippen molar-refractivity contribution in [1.82, 2.24) is 20.0 Å². The van der Waals surface area contributed by atoms with Gasteiger partial charge in [-0.25, -0.2) is 4.68 Å². The first-order valence-corrected chi connectivity index (χ1v) is 7.51. The highest BCUT2D eigenvalue weighted by atomic mass is 15.3. The van der Waals surface area contributed by atoms with E-state index in [-0.39, 0.29) is 0 Å². The summed E-state index contributed by atoms with van der Waals surface area (Å²) in [6.07, 6.45) is 0. The van der Waals surface area contributed by atoms with Gasteiger partial charge in [-0.05, 0) is 44.2 Å². The maximum Gasteiger partial charge on any atom is 0.104 e. The molecule has 5 nitrogen and oxygen atoms in total. The van der Waals surface area contributed by atoms with E-state index in [0.29, 0.717) is 0 Å². The molecule has 0 saturated heterocycles. The van der Waals surface area contributed by atoms with Gasteiger partial charge in [-0.1, -0.05) is 18.2 Å². The number of hydrogen-bond acceptors (Lipinski definition) is 3. The average molecular weight is 303 g/mol. The van der Waals surface area contributed by atoms with Gasteiger partial charge < -0.3 is 5.73 Å². The second-order valence-electron chi connectivity index (χ2n) is 5.67. The van der Waals surface area contributed by atoms with Crippen LogP contribution >= 0.6 is 0 Å². The summed E-state index contributed by atoms with van der Waals surface area (Å²) in [6.45, 7) is 4.07. The van der Waals surface area contributed by atoms with Crippen LogP contribution in [0, 0.1) is 13.8 Å². The molecule has 3 N–H and O–H groups in total. The molecule has 5 heteroatoms. The lowest BCUT2D eigenvalue weighted by Crippen LogP contribution is -1.98. The number of nitrogens with two attached hydrogens (primary N) is 1. The number of aromatic nitrogens is 4. The molecule has 114 valence electrons. The Bertz CT molecular complexity index is 995. The number of nitrogens with one attached hydrogen (secondary N) is 1. The molecule has 0 atom stereocenters. The van der Waals surface area contributed by atoms with Crippen LogP contribution in [-0.2, 0) is 0 Å². The highest BCUT2D eigenvalue weighted by Crippen LogP contribution is 2.33. The maximum atomic E-state index is 5.94. The molecule has 0 aliphatic carbocycles. The maximum absolute atomic E-state index is 5.94. The Kier molecular flexibility index (Phi) is 2.94. The van der Waals surface area contributed by atoms with E-state index in [1.807, 2.05) is 60.1 Å². The van der Waals surface area contributed by atoms with Gasteiger partial charge in [0, 0.05) is 16.6 Å². The fraction of sp³-hybridized carbons (Fsp3) is 0.111. The summed E-state index contributed by atoms with van der Waals surface area (Å²) < 4.78 is 1.96. The molecule has 0 radical (unpaired) electrons. The monoisotopic (exact) mass is 303 g/mol. The summed E-state index contributed by atoms with van der Waals surface area (Å²) in [4.78, 5) is 0. The predicted octanol–water partition coefficient (Wildman–Crippen LogP) is 3.61. The number of rotatable bonds is 2. The van der Waals surface area contributed by atoms with Crippen LogP contribution < -0.4 is 5.73 Å². The van der Waals surface area contributed by atoms with Crippen molar-refractivity contribution in [3.8, 4) is 16.9 Å². The van der Waals surface area contributed by atoms with Crippen LogP contribution in [0.3, 0.4) is 0 Å². The van der Waals surface area contributed by atoms with Gasteiger partial charge in [0.15, 0.2) is 0 Å². The molecule has 4 rings (SSSR count). The Morgan fingerprint density at radius 3 is 2.61 bits per heavy atom. The van der Waals surface area contributed by atoms with Crippen LogP contribution in [0.4, 0.5) is 5.69 Å². The van der Waals surface area contributed by atoms with Gasteiger partial charge in [0.2, 0.25) is 0 Å². The van der Waals surface area contributed by atoms with E-state index >= 15 is 0 Å². The molecule has 2 aromatic heterocycles. The minimum Gasteiger partial charge on any atom is -0.399 e. The molecule has 0 aliphatic heterocycles. The fourth-order valence-electron chi connectivity index (χ4n) is 3.03. The summed E-state index contributed by atoms with van der Waals surface area (Å²) in [6, 6.07) is 15.9. The number of nitrogen functional groups attached to an aromatic ring is 1. The number of para-hydroxylation sites is 1. The molecule has 2 heterocycles. The molecule has 4 aromatic rings. The van der Waals surface area contributed by atoms with Crippen LogP contribution in [-0.4, -0.2) is 20.0 Å². The van der Waals surface area contributed by atoms with E-state index in [1.165, 1.54) is 0 Å². The van der Waals surface area contributed by atoms with E-state index in [4.69, 9.17) is 10.8 Å². The summed E-state index contributed by atoms with van der Waals surface area (Å²) in [7, 11) is 0. The number of benzene rings is 2. The first-order valence-electron chi connectivity index (χ1n) is 7.51. The number of fused-ring (bicyclic) bond motifs is 1. The minimum atomic E-state index is 0.728. The van der Waals surface area contributed by atoms with Gasteiger partial charge in [0.25, 0.3) is 0 Å². The van der Waals surface area contributed by atoms with Crippen LogP contribution in [0.25, 0.3) is 27.8 Å². The molecule has 0 fully saturated rings. The van der Waals surface area contributed by atoms with Crippen molar-refractivity contribution < 1.29 is 0 Å². The van der Waals surface area contributed by atoms with Crippen LogP contribution in [0.2, 0.25) is 0 Å². The van der Waals surface area contributed by atoms with Crippen molar-refractivity contribution in [2.45, 2.75) is 13.8 Å². The van der Waals surface area contributed by atoms with Crippen molar-refractivity contribution >= 4 is 16.6 Å². The molecule has 2 aromatic carbocycles. The second-order valence-corrected chi connectivity index (χ2v) is 5.67. The van der Waals surface area contributed by atoms with Crippen molar-refractivity contribution in [2.24, 2.45) is 0 Å². The average Bonchev–Trinajstić information content (AvgIpc) is 3.08. The van der Waals surface area contributed by atoms with Gasteiger partial charge in [-0.3, -0.25) is 5.10 Å². The van der Waals surface area contributed by atoms with E-state index < -0.39 is 0 Å². The highest BCUT2D eigenvalue weighted by Gasteiger charge is 2.19. The number of anilines is 1. The Hall–Kier alpha value is -3.08. The zero-order valence-corrected chi connectivity index (χ0v) is 13.0. The van der Waals surface area contributed by atoms with Gasteiger partial charge in [0.05, 0.1) is 22.6 Å². The SMILES string of the molecule is Cc1nn(-c2ccccc2)c(C)c1-c1n[nH]c2ccc(N)cc12. The van der Waals surface area contributed by atoms with E-state index in [2.05, 4.69) is 17.1 Å². The highest BCUT2D eigenvalue weighted by molar-refractivity contribution is 5.95. The Labute approximate surface area is 133 Å². The first-order chi connectivity index (χ1) is 11.1. The number of aryl methyl sites for hydroxylation is 1. The lowest BCUT2D eigenvalue weighted by atomic mass is 10.1. The quantitative estimate of drug-likeness (QED) is 0.556. The first kappa shape index (κ1) is 13.6. The molecule has 0 unspecified atom stereocenters. The number of H-pyrrole nitrogens is 1. The van der Waals surface area contributed by atoms with Gasteiger partial charge in [-0.2, -0.15) is 10.2 Å². The smallest absolute Gasteiger partial charge is 0.104 e. The zero-order valence-electron chi connectivity index (χ0n) is 13.0. The van der Waals surface area contributed by atoms with Crippen molar-refractivity contribution in [2.75, 3.05) is 5.73 Å². The summed E-state index contributed by atoms with van der Waals surface area (Å²) >= 11 is 0. The number of nitrogens with zero attached hydrogens (tertiary/aromatic N) is 3. The molecule has 0 spiro atoms. The third kappa shape index (κ3) is 2.09. The summed E-state index contributed by atoms with van der Waals surface area (Å²) in [5.74, 6) is 0. The molecular weight excluding hydrogens is 286 g/mol. The third-order valence-electron chi connectivity index (χ3n) is 4.12. The molecule has 0 amide bonds. The fourth-order valence-corrected chi connectivity index (χ4v) is 3.03. The van der Waals surface area contributed by atoms with Gasteiger partial charge in [0.1, 0.15) is 5.69 Å². The lowest BCUT2D eigenvalue weighted by molar-refractivity contribution is 0.834. The molecule has 0 bridgehead atoms. The minimum absolute atomic E-state index is 0.728. The van der Waals surface area contributed by atoms with E-state index in [1.54, 1.807) is 0 Å². The summed E-state index contributed by atoms with van der Waals surface area (Å²) in [5, 5.41) is 13.3. The predicted molar refractivity (Wildman–Crippen MR) is 92.5 cm³/mol. The molecule has 0 saturated carbocycles. The Balaban J connectivity index is 1.96. The number of hydrogen-bond donors (Lipinski definition) is 2. The van der Waals surface area contributed by atoms with Crippen LogP contribution in [0.5, 0.6) is 0 Å². The normalized spacial score (nSPS) is 11.2. The largest absolute Gasteiger partial charge is 0.399 e. The standard InChI is InChI=1S/C18H17N5/c1-11-17(12(2)23(22-11)14-6-4-3-5-7-14)18-15-10-13(19)8-9-16(15)20-21-18/h3-10H,19H2,1-2H3,(H,20,21). The Morgan fingerprint density at radius 2 is 1.83 bits per heavy atom. The lowest BCUT2D eigenvalue weighted by Gasteiger charge is -2.04. The molecule has 0 aliphatic rings. The summed E-state index contributed by atoms with van der Waals surface area (Å²) in [5.41, 5.74) is 12.6. The van der Waals surface area contributed by atoms with Crippen molar-refractivity contribution in [3.63, 3.8) is 0 Å². The topological polar surface area (TPSA) is 72.5 Å².